The third-order valence-corrected chi connectivity index (χ3v) is 4.32. The van der Waals surface area contributed by atoms with E-state index < -0.39 is 11.7 Å². The molecule has 0 amide bonds. The number of aryl methyl sites for hydroxylation is 1. The van der Waals surface area contributed by atoms with Crippen molar-refractivity contribution in [3.63, 3.8) is 0 Å². The molecule has 0 atom stereocenters. The first-order chi connectivity index (χ1) is 10.9. The van der Waals surface area contributed by atoms with E-state index in [-0.39, 0.29) is 22.5 Å². The van der Waals surface area contributed by atoms with Gasteiger partial charge in [-0.2, -0.15) is 13.2 Å². The van der Waals surface area contributed by atoms with Gasteiger partial charge in [0.15, 0.2) is 5.01 Å². The molecule has 4 rings (SSSR count). The van der Waals surface area contributed by atoms with Crippen molar-refractivity contribution in [1.82, 2.24) is 20.2 Å². The molecule has 0 saturated heterocycles. The predicted molar refractivity (Wildman–Crippen MR) is 78.0 cm³/mol. The fourth-order valence-electron chi connectivity index (χ4n) is 2.40. The van der Waals surface area contributed by atoms with E-state index in [2.05, 4.69) is 20.2 Å². The molecule has 0 unspecified atom stereocenters. The Labute approximate surface area is 130 Å². The van der Waals surface area contributed by atoms with Crippen molar-refractivity contribution in [3.8, 4) is 10.9 Å². The molecule has 0 radical (unpaired) electrons. The number of thiazole rings is 1. The van der Waals surface area contributed by atoms with Crippen molar-refractivity contribution in [1.29, 1.82) is 0 Å². The highest BCUT2D eigenvalue weighted by Crippen LogP contribution is 2.38. The zero-order chi connectivity index (χ0) is 16.2. The Balaban J connectivity index is 2.07. The van der Waals surface area contributed by atoms with Gasteiger partial charge in [-0.05, 0) is 19.1 Å². The molecule has 0 N–H and O–H groups in total. The SMILES string of the molecule is Cc1cc(C(F)(F)F)c2ccc3sc(-c4nnco4)nc3c2n1. The summed E-state index contributed by atoms with van der Waals surface area (Å²) < 4.78 is 45.5. The molecule has 0 aliphatic rings. The number of hydrogen-bond donors (Lipinski definition) is 0. The summed E-state index contributed by atoms with van der Waals surface area (Å²) in [6, 6.07) is 4.06. The quantitative estimate of drug-likeness (QED) is 0.521. The smallest absolute Gasteiger partial charge is 0.417 e. The van der Waals surface area contributed by atoms with Crippen LogP contribution in [-0.4, -0.2) is 20.2 Å². The van der Waals surface area contributed by atoms with Crippen LogP contribution in [0.3, 0.4) is 0 Å². The second-order valence-electron chi connectivity index (χ2n) is 4.88. The third-order valence-electron chi connectivity index (χ3n) is 3.31. The molecule has 23 heavy (non-hydrogen) atoms. The van der Waals surface area contributed by atoms with E-state index in [9.17, 15) is 13.2 Å². The highest BCUT2D eigenvalue weighted by atomic mass is 32.1. The number of hydrogen-bond acceptors (Lipinski definition) is 6. The third kappa shape index (κ3) is 2.24. The summed E-state index contributed by atoms with van der Waals surface area (Å²) in [6.45, 7) is 1.53. The van der Waals surface area contributed by atoms with E-state index in [4.69, 9.17) is 4.42 Å². The van der Waals surface area contributed by atoms with Crippen molar-refractivity contribution in [3.05, 3.63) is 35.9 Å². The van der Waals surface area contributed by atoms with E-state index in [0.29, 0.717) is 15.2 Å². The van der Waals surface area contributed by atoms with Crippen molar-refractivity contribution in [2.75, 3.05) is 0 Å². The molecule has 0 spiro atoms. The van der Waals surface area contributed by atoms with Crippen molar-refractivity contribution in [2.24, 2.45) is 0 Å². The molecule has 0 bridgehead atoms. The number of benzene rings is 1. The molecule has 4 aromatic rings. The number of aromatic nitrogens is 4. The van der Waals surface area contributed by atoms with Crippen LogP contribution in [0.25, 0.3) is 32.0 Å². The molecule has 3 heterocycles. The lowest BCUT2D eigenvalue weighted by Gasteiger charge is -2.11. The highest BCUT2D eigenvalue weighted by molar-refractivity contribution is 7.21. The van der Waals surface area contributed by atoms with Crippen LogP contribution in [0.2, 0.25) is 0 Å². The van der Waals surface area contributed by atoms with Gasteiger partial charge in [0.25, 0.3) is 5.89 Å². The van der Waals surface area contributed by atoms with Gasteiger partial charge in [-0.1, -0.05) is 6.07 Å². The summed E-state index contributed by atoms with van der Waals surface area (Å²) in [5.41, 5.74) is 0.186. The first kappa shape index (κ1) is 14.1. The van der Waals surface area contributed by atoms with Crippen molar-refractivity contribution < 1.29 is 17.6 Å². The van der Waals surface area contributed by atoms with Gasteiger partial charge in [0.2, 0.25) is 6.39 Å². The second kappa shape index (κ2) is 4.72. The Morgan fingerprint density at radius 3 is 2.65 bits per heavy atom. The number of rotatable bonds is 1. The summed E-state index contributed by atoms with van der Waals surface area (Å²) >= 11 is 1.26. The van der Waals surface area contributed by atoms with Gasteiger partial charge in [0, 0.05) is 11.1 Å². The Kier molecular flexibility index (Phi) is 2.89. The van der Waals surface area contributed by atoms with Crippen LogP contribution in [0, 0.1) is 6.92 Å². The summed E-state index contributed by atoms with van der Waals surface area (Å²) in [5, 5.41) is 7.82. The Bertz CT molecular complexity index is 1020. The summed E-state index contributed by atoms with van der Waals surface area (Å²) in [6.07, 6.45) is -3.28. The summed E-state index contributed by atoms with van der Waals surface area (Å²) in [7, 11) is 0. The first-order valence-electron chi connectivity index (χ1n) is 6.48. The maximum absolute atomic E-state index is 13.2. The molecule has 0 aliphatic heterocycles. The number of fused-ring (bicyclic) bond motifs is 3. The minimum absolute atomic E-state index is 0.0259. The highest BCUT2D eigenvalue weighted by Gasteiger charge is 2.33. The number of pyridine rings is 1. The lowest BCUT2D eigenvalue weighted by atomic mass is 10.1. The lowest BCUT2D eigenvalue weighted by molar-refractivity contribution is -0.136. The van der Waals surface area contributed by atoms with Crippen molar-refractivity contribution in [2.45, 2.75) is 13.1 Å². The van der Waals surface area contributed by atoms with Crippen LogP contribution in [0.1, 0.15) is 11.3 Å². The van der Waals surface area contributed by atoms with Crippen LogP contribution in [0.4, 0.5) is 13.2 Å². The summed E-state index contributed by atoms with van der Waals surface area (Å²) in [5.74, 6) is 0.225. The zero-order valence-corrected chi connectivity index (χ0v) is 12.4. The molecule has 1 aromatic carbocycles. The molecule has 116 valence electrons. The fraction of sp³-hybridized carbons (Fsp3) is 0.143. The lowest BCUT2D eigenvalue weighted by Crippen LogP contribution is -2.07. The topological polar surface area (TPSA) is 64.7 Å². The minimum Gasteiger partial charge on any atom is -0.422 e. The van der Waals surface area contributed by atoms with Crippen LogP contribution < -0.4 is 0 Å². The number of halogens is 3. The Hall–Kier alpha value is -2.55. The molecule has 9 heteroatoms. The fourth-order valence-corrected chi connectivity index (χ4v) is 3.29. The average Bonchev–Trinajstić information content (AvgIpc) is 3.14. The van der Waals surface area contributed by atoms with E-state index >= 15 is 0 Å². The van der Waals surface area contributed by atoms with Gasteiger partial charge in [-0.15, -0.1) is 21.5 Å². The summed E-state index contributed by atoms with van der Waals surface area (Å²) in [4.78, 5) is 8.59. The number of nitrogens with zero attached hydrogens (tertiary/aromatic N) is 4. The Morgan fingerprint density at radius 2 is 1.96 bits per heavy atom. The molecule has 0 fully saturated rings. The molecular formula is C14H7F3N4OS. The van der Waals surface area contributed by atoms with Gasteiger partial charge < -0.3 is 4.42 Å². The van der Waals surface area contributed by atoms with Crippen LogP contribution in [0.15, 0.2) is 29.0 Å². The van der Waals surface area contributed by atoms with E-state index in [1.807, 2.05) is 0 Å². The van der Waals surface area contributed by atoms with Crippen LogP contribution in [0.5, 0.6) is 0 Å². The van der Waals surface area contributed by atoms with E-state index in [1.165, 1.54) is 30.7 Å². The van der Waals surface area contributed by atoms with Crippen LogP contribution in [-0.2, 0) is 6.18 Å². The van der Waals surface area contributed by atoms with Gasteiger partial charge >= 0.3 is 6.18 Å². The zero-order valence-electron chi connectivity index (χ0n) is 11.5. The van der Waals surface area contributed by atoms with Gasteiger partial charge in [-0.3, -0.25) is 4.98 Å². The predicted octanol–water partition coefficient (Wildman–Crippen LogP) is 4.22. The van der Waals surface area contributed by atoms with E-state index in [1.54, 1.807) is 6.07 Å². The molecular weight excluding hydrogens is 329 g/mol. The minimum atomic E-state index is -4.45. The van der Waals surface area contributed by atoms with Gasteiger partial charge in [-0.25, -0.2) is 4.98 Å². The van der Waals surface area contributed by atoms with Crippen LogP contribution >= 0.6 is 11.3 Å². The maximum Gasteiger partial charge on any atom is 0.417 e. The molecule has 0 saturated carbocycles. The maximum atomic E-state index is 13.2. The molecule has 3 aromatic heterocycles. The van der Waals surface area contributed by atoms with Gasteiger partial charge in [0.1, 0.15) is 5.52 Å². The largest absolute Gasteiger partial charge is 0.422 e. The van der Waals surface area contributed by atoms with E-state index in [0.717, 1.165) is 6.07 Å². The van der Waals surface area contributed by atoms with Gasteiger partial charge in [0.05, 0.1) is 15.8 Å². The second-order valence-corrected chi connectivity index (χ2v) is 5.91. The first-order valence-corrected chi connectivity index (χ1v) is 7.30. The monoisotopic (exact) mass is 336 g/mol. The normalized spacial score (nSPS) is 12.3. The molecule has 0 aliphatic carbocycles. The number of alkyl halides is 3. The standard InChI is InChI=1S/C14H7F3N4OS/c1-6-4-8(14(15,16)17)7-2-3-9-11(10(7)19-6)20-13(23-9)12-21-18-5-22-12/h2-5H,1H3. The van der Waals surface area contributed by atoms with Crippen molar-refractivity contribution >= 4 is 32.5 Å². The average molecular weight is 336 g/mol. The Morgan fingerprint density at radius 1 is 1.13 bits per heavy atom. The molecule has 5 nitrogen and oxygen atoms in total.